The van der Waals surface area contributed by atoms with Gasteiger partial charge in [0.2, 0.25) is 3.79 Å². The smallest absolute Gasteiger partial charge is 0.226 e. The van der Waals surface area contributed by atoms with Crippen LogP contribution >= 0.6 is 81.2 Å². The first-order valence-electron chi connectivity index (χ1n) is 7.15. The molecule has 0 aliphatic heterocycles. The Labute approximate surface area is 186 Å². The topological polar surface area (TPSA) is 40.0 Å². The van der Waals surface area contributed by atoms with E-state index in [-0.39, 0.29) is 17.7 Å². The molecule has 0 atom stereocenters. The molecule has 0 fully saturated rings. The quantitative estimate of drug-likeness (QED) is 0.146. The third-order valence-electron chi connectivity index (χ3n) is 2.56. The first kappa shape index (κ1) is 24.1. The van der Waals surface area contributed by atoms with Crippen molar-refractivity contribution in [1.82, 2.24) is 0 Å². The number of benzene rings is 1. The van der Waals surface area contributed by atoms with Crippen LogP contribution in [0.5, 0.6) is 11.5 Å². The van der Waals surface area contributed by atoms with Crippen molar-refractivity contribution in [3.05, 3.63) is 32.7 Å². The summed E-state index contributed by atoms with van der Waals surface area (Å²) >= 11 is 39.9. The summed E-state index contributed by atoms with van der Waals surface area (Å²) in [5, 5.41) is 4.32. The molecule has 0 spiro atoms. The zero-order valence-corrected chi connectivity index (χ0v) is 18.5. The molecule has 11 heteroatoms. The maximum absolute atomic E-state index is 6.16. The summed E-state index contributed by atoms with van der Waals surface area (Å²) < 4.78 is 9.62. The molecule has 0 radical (unpaired) electrons. The Kier molecular flexibility index (Phi) is 11.6. The summed E-state index contributed by atoms with van der Waals surface area (Å²) in [6.45, 7) is 0.437. The minimum absolute atomic E-state index is 0.114. The van der Waals surface area contributed by atoms with Gasteiger partial charge in [0.15, 0.2) is 12.4 Å². The summed E-state index contributed by atoms with van der Waals surface area (Å²) in [5.74, 6) is 0.840. The summed E-state index contributed by atoms with van der Waals surface area (Å²) in [7, 11) is 0. The second kappa shape index (κ2) is 12.5. The van der Waals surface area contributed by atoms with Gasteiger partial charge in [0.1, 0.15) is 16.8 Å². The van der Waals surface area contributed by atoms with Gasteiger partial charge in [-0.3, -0.25) is 0 Å². The van der Waals surface area contributed by atoms with Gasteiger partial charge in [-0.05, 0) is 18.9 Å². The van der Waals surface area contributed by atoms with Crippen LogP contribution < -0.4 is 9.47 Å². The minimum Gasteiger partial charge on any atom is -0.490 e. The average Bonchev–Trinajstić information content (AvgIpc) is 2.50. The third-order valence-corrected chi connectivity index (χ3v) is 3.76. The molecule has 0 unspecified atom stereocenters. The zero-order valence-electron chi connectivity index (χ0n) is 13.2. The van der Waals surface area contributed by atoms with Crippen LogP contribution in [0, 0.1) is 0 Å². The number of hydrogen-bond donors (Lipinski definition) is 0. The third kappa shape index (κ3) is 11.0. The Morgan fingerprint density at radius 1 is 1.08 bits per heavy atom. The largest absolute Gasteiger partial charge is 0.490 e. The first-order valence-corrected chi connectivity index (χ1v) is 9.80. The Morgan fingerprint density at radius 2 is 1.73 bits per heavy atom. The van der Waals surface area contributed by atoms with Gasteiger partial charge >= 0.3 is 0 Å². The lowest BCUT2D eigenvalue weighted by molar-refractivity contribution is 0.150. The highest BCUT2D eigenvalue weighted by Crippen LogP contribution is 2.37. The van der Waals surface area contributed by atoms with Crippen LogP contribution in [0.25, 0.3) is 0 Å². The molecule has 0 bridgehead atoms. The molecule has 1 aromatic carbocycles. The molecule has 1 rings (SSSR count). The zero-order chi connectivity index (χ0) is 19.6. The molecule has 1 aromatic rings. The van der Waals surface area contributed by atoms with E-state index in [4.69, 9.17) is 95.5 Å². The van der Waals surface area contributed by atoms with Gasteiger partial charge in [-0.1, -0.05) is 86.4 Å². The second-order valence-corrected chi connectivity index (χ2v) is 9.03. The maximum Gasteiger partial charge on any atom is 0.226 e. The van der Waals surface area contributed by atoms with E-state index in [9.17, 15) is 0 Å². The van der Waals surface area contributed by atoms with E-state index in [1.54, 1.807) is 18.3 Å². The Morgan fingerprint density at radius 3 is 2.31 bits per heavy atom. The minimum atomic E-state index is -1.49. The molecular formula is C15H14Cl7NO3. The van der Waals surface area contributed by atoms with E-state index >= 15 is 0 Å². The molecule has 26 heavy (non-hydrogen) atoms. The van der Waals surface area contributed by atoms with Crippen molar-refractivity contribution in [3.8, 4) is 11.5 Å². The van der Waals surface area contributed by atoms with Crippen molar-refractivity contribution < 1.29 is 14.3 Å². The number of ether oxygens (including phenoxy) is 2. The van der Waals surface area contributed by atoms with Gasteiger partial charge < -0.3 is 14.3 Å². The number of oxime groups is 1. The first-order chi connectivity index (χ1) is 12.2. The number of rotatable bonds is 10. The molecule has 0 aromatic heterocycles. The van der Waals surface area contributed by atoms with Gasteiger partial charge in [0, 0.05) is 18.3 Å². The Hall–Kier alpha value is 0.0600. The molecule has 0 saturated carbocycles. The Balaban J connectivity index is 2.38. The Bertz CT molecular complexity index is 605. The fourth-order valence-corrected chi connectivity index (χ4v) is 2.37. The van der Waals surface area contributed by atoms with E-state index in [0.717, 1.165) is 0 Å². The highest BCUT2D eigenvalue weighted by atomic mass is 35.6. The second-order valence-electron chi connectivity index (χ2n) is 4.69. The molecule has 0 aliphatic rings. The van der Waals surface area contributed by atoms with E-state index in [2.05, 4.69) is 5.16 Å². The summed E-state index contributed by atoms with van der Waals surface area (Å²) in [6, 6.07) is 3.18. The standard InChI is InChI=1S/C15H14Cl7NO3/c16-11-7-10(24-6-3-13(18)19)8-12(17)14(11)25-5-2-1-4-23-26-9-15(20,21)22/h3-4,7-8H,1-2,5-6,9H2/b23-4+. The summed E-state index contributed by atoms with van der Waals surface area (Å²) in [6.07, 6.45) is 4.30. The van der Waals surface area contributed by atoms with Crippen molar-refractivity contribution >= 4 is 87.4 Å². The van der Waals surface area contributed by atoms with E-state index in [1.807, 2.05) is 0 Å². The molecule has 0 saturated heterocycles. The van der Waals surface area contributed by atoms with Crippen LogP contribution in [0.2, 0.25) is 10.0 Å². The lowest BCUT2D eigenvalue weighted by Crippen LogP contribution is -2.10. The number of halogens is 7. The van der Waals surface area contributed by atoms with Crippen LogP contribution in [0.1, 0.15) is 12.8 Å². The monoisotopic (exact) mass is 501 g/mol. The van der Waals surface area contributed by atoms with Gasteiger partial charge in [-0.15, -0.1) is 0 Å². The molecule has 0 aliphatic carbocycles. The van der Waals surface area contributed by atoms with E-state index in [0.29, 0.717) is 41.0 Å². The molecule has 146 valence electrons. The lowest BCUT2D eigenvalue weighted by atomic mass is 10.3. The average molecular weight is 504 g/mol. The van der Waals surface area contributed by atoms with Crippen LogP contribution in [0.4, 0.5) is 0 Å². The number of hydrogen-bond acceptors (Lipinski definition) is 4. The van der Waals surface area contributed by atoms with Crippen LogP contribution in [0.3, 0.4) is 0 Å². The fraction of sp³-hybridized carbons (Fsp3) is 0.400. The summed E-state index contributed by atoms with van der Waals surface area (Å²) in [5.41, 5.74) is 0. The van der Waals surface area contributed by atoms with Crippen molar-refractivity contribution in [1.29, 1.82) is 0 Å². The fourth-order valence-electron chi connectivity index (χ4n) is 1.52. The predicted molar refractivity (Wildman–Crippen MR) is 111 cm³/mol. The molecule has 0 amide bonds. The number of nitrogens with zero attached hydrogens (tertiary/aromatic N) is 1. The SMILES string of the molecule is ClC(Cl)=CCOc1cc(Cl)c(OCCC/C=N/OCC(Cl)(Cl)Cl)c(Cl)c1. The van der Waals surface area contributed by atoms with Crippen molar-refractivity contribution in [2.45, 2.75) is 16.6 Å². The predicted octanol–water partition coefficient (Wildman–Crippen LogP) is 7.22. The van der Waals surface area contributed by atoms with E-state index < -0.39 is 3.79 Å². The molecule has 4 nitrogen and oxygen atoms in total. The highest BCUT2D eigenvalue weighted by molar-refractivity contribution is 6.67. The highest BCUT2D eigenvalue weighted by Gasteiger charge is 2.20. The van der Waals surface area contributed by atoms with Crippen molar-refractivity contribution in [3.63, 3.8) is 0 Å². The van der Waals surface area contributed by atoms with Crippen LogP contribution in [0.15, 0.2) is 27.9 Å². The molecule has 0 heterocycles. The van der Waals surface area contributed by atoms with Gasteiger partial charge in [0.25, 0.3) is 0 Å². The lowest BCUT2D eigenvalue weighted by Gasteiger charge is -2.12. The number of alkyl halides is 3. The normalized spacial score (nSPS) is 11.5. The molecular weight excluding hydrogens is 490 g/mol. The molecule has 0 N–H and O–H groups in total. The van der Waals surface area contributed by atoms with Crippen LogP contribution in [-0.4, -0.2) is 29.8 Å². The van der Waals surface area contributed by atoms with Crippen molar-refractivity contribution in [2.75, 3.05) is 19.8 Å². The van der Waals surface area contributed by atoms with Gasteiger partial charge in [-0.2, -0.15) is 0 Å². The maximum atomic E-state index is 6.16. The van der Waals surface area contributed by atoms with E-state index in [1.165, 1.54) is 6.08 Å². The van der Waals surface area contributed by atoms with Crippen molar-refractivity contribution in [2.24, 2.45) is 5.16 Å². The van der Waals surface area contributed by atoms with Crippen LogP contribution in [-0.2, 0) is 4.84 Å². The number of unbranched alkanes of at least 4 members (excludes halogenated alkanes) is 1. The van der Waals surface area contributed by atoms with Gasteiger partial charge in [0.05, 0.1) is 16.7 Å². The van der Waals surface area contributed by atoms with Gasteiger partial charge in [-0.25, -0.2) is 0 Å². The summed E-state index contributed by atoms with van der Waals surface area (Å²) in [4.78, 5) is 4.82.